The van der Waals surface area contributed by atoms with E-state index in [1.807, 2.05) is 16.7 Å². The van der Waals surface area contributed by atoms with E-state index in [1.165, 1.54) is 12.8 Å². The van der Waals surface area contributed by atoms with Crippen LogP contribution in [0.5, 0.6) is 0 Å². The molecule has 1 fully saturated rings. The van der Waals surface area contributed by atoms with Crippen LogP contribution in [0, 0.1) is 7.05 Å². The minimum absolute atomic E-state index is 0.631. The molecule has 3 rings (SSSR count). The Kier molecular flexibility index (Phi) is 1.26. The van der Waals surface area contributed by atoms with Crippen LogP contribution in [0.25, 0.3) is 11.2 Å². The van der Waals surface area contributed by atoms with E-state index in [0.29, 0.717) is 5.92 Å². The van der Waals surface area contributed by atoms with Crippen LogP contribution in [0.2, 0.25) is 0 Å². The predicted octanol–water partition coefficient (Wildman–Crippen LogP) is 1.95. The average Bonchev–Trinajstić information content (AvgIpc) is 2.94. The molecule has 1 saturated carbocycles. The van der Waals surface area contributed by atoms with Gasteiger partial charge in [-0.05, 0) is 25.0 Å². The number of aromatic nitrogens is 3. The van der Waals surface area contributed by atoms with E-state index in [0.717, 1.165) is 17.0 Å². The van der Waals surface area contributed by atoms with Crippen LogP contribution in [0.1, 0.15) is 24.6 Å². The van der Waals surface area contributed by atoms with Crippen molar-refractivity contribution in [2.75, 3.05) is 0 Å². The third-order valence-electron chi connectivity index (χ3n) is 2.50. The zero-order valence-electron chi connectivity index (χ0n) is 7.27. The van der Waals surface area contributed by atoms with Crippen molar-refractivity contribution in [2.24, 2.45) is 0 Å². The van der Waals surface area contributed by atoms with Crippen molar-refractivity contribution in [2.45, 2.75) is 18.8 Å². The molecule has 0 saturated heterocycles. The molecule has 0 bridgehead atoms. The molecule has 0 atom stereocenters. The Bertz CT molecular complexity index is 454. The Morgan fingerprint density at radius 2 is 2.31 bits per heavy atom. The van der Waals surface area contributed by atoms with Gasteiger partial charge < -0.3 is 4.57 Å². The summed E-state index contributed by atoms with van der Waals surface area (Å²) in [6.45, 7) is 0. The fourth-order valence-corrected chi connectivity index (χ4v) is 1.63. The monoisotopic (exact) mass is 172 g/mol. The smallest absolute Gasteiger partial charge is 0.177 e. The van der Waals surface area contributed by atoms with Crippen LogP contribution in [-0.4, -0.2) is 14.5 Å². The van der Waals surface area contributed by atoms with Gasteiger partial charge in [-0.3, -0.25) is 0 Å². The lowest BCUT2D eigenvalue weighted by molar-refractivity contribution is 0.894. The molecule has 1 radical (unpaired) electrons. The molecular formula is C10H10N3. The minimum atomic E-state index is 0.631. The van der Waals surface area contributed by atoms with E-state index in [9.17, 15) is 0 Å². The van der Waals surface area contributed by atoms with E-state index in [1.54, 1.807) is 6.20 Å². The third-order valence-corrected chi connectivity index (χ3v) is 2.50. The highest BCUT2D eigenvalue weighted by atomic mass is 15.1. The summed E-state index contributed by atoms with van der Waals surface area (Å²) in [5.41, 5.74) is 1.85. The highest BCUT2D eigenvalue weighted by Crippen LogP contribution is 2.40. The summed E-state index contributed by atoms with van der Waals surface area (Å²) in [5.74, 6) is 1.72. The van der Waals surface area contributed by atoms with Crippen LogP contribution in [0.15, 0.2) is 18.3 Å². The standard InChI is InChI=1S/C10H10N3/c1-13-8-3-2-6-11-9(8)12-10(13)7-4-5-7/h2-3,6-7H,1,4-5H2. The zero-order valence-corrected chi connectivity index (χ0v) is 7.27. The van der Waals surface area contributed by atoms with Gasteiger partial charge in [-0.1, -0.05) is 0 Å². The molecule has 0 amide bonds. The Morgan fingerprint density at radius 1 is 1.46 bits per heavy atom. The van der Waals surface area contributed by atoms with Gasteiger partial charge in [-0.15, -0.1) is 0 Å². The van der Waals surface area contributed by atoms with Crippen LogP contribution in [0.3, 0.4) is 0 Å². The number of nitrogens with zero attached hydrogens (tertiary/aromatic N) is 3. The SMILES string of the molecule is [CH2]n1c(C2CC2)nc2ncccc21. The van der Waals surface area contributed by atoms with Gasteiger partial charge in [0.25, 0.3) is 0 Å². The second-order valence-electron chi connectivity index (χ2n) is 3.52. The predicted molar refractivity (Wildman–Crippen MR) is 50.3 cm³/mol. The normalized spacial score (nSPS) is 16.7. The molecule has 1 aliphatic carbocycles. The highest BCUT2D eigenvalue weighted by molar-refractivity contribution is 5.71. The summed E-state index contributed by atoms with van der Waals surface area (Å²) in [7, 11) is 3.98. The highest BCUT2D eigenvalue weighted by Gasteiger charge is 2.28. The van der Waals surface area contributed by atoms with Crippen LogP contribution < -0.4 is 0 Å². The first-order valence-corrected chi connectivity index (χ1v) is 4.50. The van der Waals surface area contributed by atoms with Gasteiger partial charge in [-0.2, -0.15) is 0 Å². The quantitative estimate of drug-likeness (QED) is 0.658. The van der Waals surface area contributed by atoms with Crippen LogP contribution in [-0.2, 0) is 0 Å². The second-order valence-corrected chi connectivity index (χ2v) is 3.52. The largest absolute Gasteiger partial charge is 0.325 e. The Hall–Kier alpha value is -1.38. The molecule has 0 aliphatic heterocycles. The second kappa shape index (κ2) is 2.31. The number of hydrogen-bond donors (Lipinski definition) is 0. The topological polar surface area (TPSA) is 30.7 Å². The van der Waals surface area contributed by atoms with E-state index < -0.39 is 0 Å². The van der Waals surface area contributed by atoms with E-state index in [2.05, 4.69) is 17.0 Å². The lowest BCUT2D eigenvalue weighted by Gasteiger charge is -1.97. The summed E-state index contributed by atoms with van der Waals surface area (Å²) in [5, 5.41) is 0. The molecule has 0 spiro atoms. The maximum Gasteiger partial charge on any atom is 0.177 e. The molecule has 2 aromatic rings. The molecule has 0 unspecified atom stereocenters. The summed E-state index contributed by atoms with van der Waals surface area (Å²) in [6.07, 6.45) is 4.27. The van der Waals surface area contributed by atoms with Gasteiger partial charge in [0.2, 0.25) is 0 Å². The van der Waals surface area contributed by atoms with Crippen LogP contribution >= 0.6 is 0 Å². The number of fused-ring (bicyclic) bond motifs is 1. The van der Waals surface area contributed by atoms with E-state index in [4.69, 9.17) is 0 Å². The maximum absolute atomic E-state index is 4.46. The first-order valence-electron chi connectivity index (χ1n) is 4.50. The molecule has 2 aromatic heterocycles. The van der Waals surface area contributed by atoms with Gasteiger partial charge in [0, 0.05) is 19.2 Å². The molecule has 1 aliphatic rings. The molecule has 0 N–H and O–H groups in total. The van der Waals surface area contributed by atoms with Gasteiger partial charge in [0.15, 0.2) is 5.65 Å². The maximum atomic E-state index is 4.46. The third kappa shape index (κ3) is 0.963. The lowest BCUT2D eigenvalue weighted by Crippen LogP contribution is -1.92. The van der Waals surface area contributed by atoms with Crippen molar-refractivity contribution in [3.8, 4) is 0 Å². The average molecular weight is 172 g/mol. The van der Waals surface area contributed by atoms with E-state index in [-0.39, 0.29) is 0 Å². The molecular weight excluding hydrogens is 162 g/mol. The lowest BCUT2D eigenvalue weighted by atomic mass is 10.4. The zero-order chi connectivity index (χ0) is 8.84. The van der Waals surface area contributed by atoms with Crippen molar-refractivity contribution in [3.05, 3.63) is 31.2 Å². The number of pyridine rings is 1. The summed E-state index contributed by atoms with van der Waals surface area (Å²) in [6, 6.07) is 3.93. The van der Waals surface area contributed by atoms with Gasteiger partial charge >= 0.3 is 0 Å². The van der Waals surface area contributed by atoms with Crippen molar-refractivity contribution in [3.63, 3.8) is 0 Å². The van der Waals surface area contributed by atoms with E-state index >= 15 is 0 Å². The fourth-order valence-electron chi connectivity index (χ4n) is 1.63. The number of rotatable bonds is 1. The summed E-state index contributed by atoms with van der Waals surface area (Å²) >= 11 is 0. The Labute approximate surface area is 76.4 Å². The van der Waals surface area contributed by atoms with Gasteiger partial charge in [0.1, 0.15) is 5.82 Å². The molecule has 0 aromatic carbocycles. The first-order chi connectivity index (χ1) is 6.36. The van der Waals surface area contributed by atoms with Crippen molar-refractivity contribution >= 4 is 11.2 Å². The number of hydrogen-bond acceptors (Lipinski definition) is 2. The van der Waals surface area contributed by atoms with Gasteiger partial charge in [0.05, 0.1) is 5.52 Å². The molecule has 3 heteroatoms. The summed E-state index contributed by atoms with van der Waals surface area (Å²) < 4.78 is 1.92. The molecule has 13 heavy (non-hydrogen) atoms. The minimum Gasteiger partial charge on any atom is -0.325 e. The molecule has 2 heterocycles. The fraction of sp³-hybridized carbons (Fsp3) is 0.300. The van der Waals surface area contributed by atoms with Crippen molar-refractivity contribution < 1.29 is 0 Å². The first kappa shape index (κ1) is 7.06. The Balaban J connectivity index is 2.30. The van der Waals surface area contributed by atoms with Crippen molar-refractivity contribution in [1.82, 2.24) is 14.5 Å². The summed E-state index contributed by atoms with van der Waals surface area (Å²) in [4.78, 5) is 8.66. The van der Waals surface area contributed by atoms with Crippen molar-refractivity contribution in [1.29, 1.82) is 0 Å². The molecule has 65 valence electrons. The van der Waals surface area contributed by atoms with Gasteiger partial charge in [-0.25, -0.2) is 9.97 Å². The Morgan fingerprint density at radius 3 is 3.00 bits per heavy atom. The number of imidazole rings is 1. The molecule has 3 nitrogen and oxygen atoms in total. The van der Waals surface area contributed by atoms with Crippen LogP contribution in [0.4, 0.5) is 0 Å².